The highest BCUT2D eigenvalue weighted by Gasteiger charge is 2.03. The molecular weight excluding hydrogens is 198 g/mol. The van der Waals surface area contributed by atoms with E-state index in [-0.39, 0.29) is 0 Å². The third-order valence-corrected chi connectivity index (χ3v) is 2.66. The van der Waals surface area contributed by atoms with Crippen LogP contribution < -0.4 is 5.32 Å². The van der Waals surface area contributed by atoms with Gasteiger partial charge in [-0.05, 0) is 32.9 Å². The molecule has 0 aliphatic carbocycles. The molecule has 1 rings (SSSR count). The molecule has 0 amide bonds. The zero-order chi connectivity index (χ0) is 12.0. The van der Waals surface area contributed by atoms with E-state index >= 15 is 0 Å². The Balaban J connectivity index is 2.81. The fourth-order valence-electron chi connectivity index (χ4n) is 1.63. The Bertz CT molecular complexity index is 337. The van der Waals surface area contributed by atoms with Crippen LogP contribution in [0.5, 0.6) is 0 Å². The van der Waals surface area contributed by atoms with Crippen LogP contribution in [0.4, 0.5) is 0 Å². The maximum absolute atomic E-state index is 4.21. The van der Waals surface area contributed by atoms with Crippen molar-refractivity contribution in [1.82, 2.24) is 14.9 Å². The number of nitrogens with zero attached hydrogens (tertiary/aromatic N) is 2. The normalized spacial score (nSPS) is 12.4. The quantitative estimate of drug-likeness (QED) is 0.800. The zero-order valence-electron chi connectivity index (χ0n) is 10.8. The van der Waals surface area contributed by atoms with E-state index < -0.39 is 0 Å². The lowest BCUT2D eigenvalue weighted by Gasteiger charge is -2.11. The van der Waals surface area contributed by atoms with Gasteiger partial charge in [0.2, 0.25) is 0 Å². The minimum absolute atomic E-state index is 0.464. The van der Waals surface area contributed by atoms with Gasteiger partial charge in [-0.25, -0.2) is 4.98 Å². The van der Waals surface area contributed by atoms with E-state index in [1.165, 1.54) is 11.3 Å². The van der Waals surface area contributed by atoms with Gasteiger partial charge in [0.15, 0.2) is 0 Å². The van der Waals surface area contributed by atoms with E-state index in [0.29, 0.717) is 6.04 Å². The second-order valence-electron chi connectivity index (χ2n) is 4.26. The second-order valence-corrected chi connectivity index (χ2v) is 4.26. The first kappa shape index (κ1) is 13.0. The summed E-state index contributed by atoms with van der Waals surface area (Å²) in [5.74, 6) is 0. The van der Waals surface area contributed by atoms with Crippen molar-refractivity contribution >= 4 is 6.08 Å². The van der Waals surface area contributed by atoms with Crippen LogP contribution in [0.25, 0.3) is 6.08 Å². The zero-order valence-corrected chi connectivity index (χ0v) is 10.8. The minimum atomic E-state index is 0.464. The molecule has 1 aromatic rings. The highest BCUT2D eigenvalue weighted by atomic mass is 15.1. The molecule has 0 aliphatic heterocycles. The van der Waals surface area contributed by atoms with Crippen molar-refractivity contribution in [2.24, 2.45) is 0 Å². The van der Waals surface area contributed by atoms with Crippen LogP contribution in [0.3, 0.4) is 0 Å². The Morgan fingerprint density at radius 3 is 2.81 bits per heavy atom. The third kappa shape index (κ3) is 3.49. The summed E-state index contributed by atoms with van der Waals surface area (Å²) in [5, 5.41) is 3.36. The molecule has 0 atom stereocenters. The monoisotopic (exact) mass is 221 g/mol. The number of nitrogens with one attached hydrogen (secondary N) is 1. The van der Waals surface area contributed by atoms with Crippen molar-refractivity contribution in [1.29, 1.82) is 0 Å². The molecule has 0 bridgehead atoms. The minimum Gasteiger partial charge on any atom is -0.329 e. The van der Waals surface area contributed by atoms with Crippen LogP contribution >= 0.6 is 0 Å². The number of rotatable bonds is 6. The SMILES string of the molecule is CCNCC(=Cc1cncn1C(C)C)CC. The smallest absolute Gasteiger partial charge is 0.0953 e. The van der Waals surface area contributed by atoms with Crippen LogP contribution in [-0.2, 0) is 0 Å². The van der Waals surface area contributed by atoms with Crippen LogP contribution in [0.2, 0.25) is 0 Å². The van der Waals surface area contributed by atoms with E-state index in [9.17, 15) is 0 Å². The van der Waals surface area contributed by atoms with E-state index in [0.717, 1.165) is 19.5 Å². The molecule has 0 aromatic carbocycles. The number of hydrogen-bond donors (Lipinski definition) is 1. The molecule has 0 aliphatic rings. The van der Waals surface area contributed by atoms with Gasteiger partial charge in [0.25, 0.3) is 0 Å². The summed E-state index contributed by atoms with van der Waals surface area (Å²) in [6.07, 6.45) is 7.16. The van der Waals surface area contributed by atoms with E-state index in [1.54, 1.807) is 0 Å². The van der Waals surface area contributed by atoms with Gasteiger partial charge in [-0.2, -0.15) is 0 Å². The topological polar surface area (TPSA) is 29.9 Å². The van der Waals surface area contributed by atoms with Gasteiger partial charge in [0.1, 0.15) is 0 Å². The summed E-state index contributed by atoms with van der Waals surface area (Å²) >= 11 is 0. The predicted octanol–water partition coefficient (Wildman–Crippen LogP) is 2.87. The van der Waals surface area contributed by atoms with Gasteiger partial charge in [-0.3, -0.25) is 0 Å². The Kier molecular flexibility index (Phi) is 5.26. The Morgan fingerprint density at radius 2 is 2.25 bits per heavy atom. The highest BCUT2D eigenvalue weighted by Crippen LogP contribution is 2.13. The number of imidazole rings is 1. The first-order valence-electron chi connectivity index (χ1n) is 6.11. The van der Waals surface area contributed by atoms with Gasteiger partial charge >= 0.3 is 0 Å². The summed E-state index contributed by atoms with van der Waals surface area (Å²) in [6, 6.07) is 0.464. The average molecular weight is 221 g/mol. The molecule has 0 spiro atoms. The lowest BCUT2D eigenvalue weighted by molar-refractivity contribution is 0.595. The van der Waals surface area contributed by atoms with Crippen molar-refractivity contribution in [2.45, 2.75) is 40.2 Å². The first-order chi connectivity index (χ1) is 7.69. The van der Waals surface area contributed by atoms with Crippen molar-refractivity contribution in [2.75, 3.05) is 13.1 Å². The molecule has 1 heterocycles. The van der Waals surface area contributed by atoms with Crippen LogP contribution in [-0.4, -0.2) is 22.6 Å². The van der Waals surface area contributed by atoms with Gasteiger partial charge < -0.3 is 9.88 Å². The number of aromatic nitrogens is 2. The Morgan fingerprint density at radius 1 is 1.50 bits per heavy atom. The molecule has 3 nitrogen and oxygen atoms in total. The van der Waals surface area contributed by atoms with E-state index in [1.807, 2.05) is 12.5 Å². The second kappa shape index (κ2) is 6.48. The van der Waals surface area contributed by atoms with Gasteiger partial charge in [-0.15, -0.1) is 0 Å². The molecule has 0 radical (unpaired) electrons. The standard InChI is InChI=1S/C13H23N3/c1-5-12(8-14-6-2)7-13-9-15-10-16(13)11(3)4/h7,9-11,14H,5-6,8H2,1-4H3. The molecule has 0 saturated carbocycles. The maximum atomic E-state index is 4.21. The van der Waals surface area contributed by atoms with Crippen molar-refractivity contribution in [3.8, 4) is 0 Å². The van der Waals surface area contributed by atoms with Gasteiger partial charge in [0, 0.05) is 12.6 Å². The maximum Gasteiger partial charge on any atom is 0.0953 e. The van der Waals surface area contributed by atoms with Crippen LogP contribution in [0, 0.1) is 0 Å². The van der Waals surface area contributed by atoms with Gasteiger partial charge in [-0.1, -0.05) is 19.4 Å². The van der Waals surface area contributed by atoms with Crippen molar-refractivity contribution < 1.29 is 0 Å². The summed E-state index contributed by atoms with van der Waals surface area (Å²) < 4.78 is 2.20. The molecule has 0 saturated heterocycles. The van der Waals surface area contributed by atoms with Crippen molar-refractivity contribution in [3.05, 3.63) is 23.8 Å². The van der Waals surface area contributed by atoms with E-state index in [4.69, 9.17) is 0 Å². The predicted molar refractivity (Wildman–Crippen MR) is 69.4 cm³/mol. The van der Waals surface area contributed by atoms with E-state index in [2.05, 4.69) is 48.6 Å². The molecule has 1 N–H and O–H groups in total. The molecule has 1 aromatic heterocycles. The summed E-state index contributed by atoms with van der Waals surface area (Å²) in [7, 11) is 0. The summed E-state index contributed by atoms with van der Waals surface area (Å²) in [5.41, 5.74) is 2.62. The Labute approximate surface area is 98.6 Å². The fraction of sp³-hybridized carbons (Fsp3) is 0.615. The molecule has 0 unspecified atom stereocenters. The van der Waals surface area contributed by atoms with Crippen LogP contribution in [0.1, 0.15) is 45.9 Å². The van der Waals surface area contributed by atoms with Crippen molar-refractivity contribution in [3.63, 3.8) is 0 Å². The third-order valence-electron chi connectivity index (χ3n) is 2.66. The Hall–Kier alpha value is -1.09. The van der Waals surface area contributed by atoms with Gasteiger partial charge in [0.05, 0.1) is 18.2 Å². The van der Waals surface area contributed by atoms with Crippen LogP contribution in [0.15, 0.2) is 18.1 Å². The fourth-order valence-corrected chi connectivity index (χ4v) is 1.63. The molecule has 0 fully saturated rings. The highest BCUT2D eigenvalue weighted by molar-refractivity contribution is 5.49. The lowest BCUT2D eigenvalue weighted by atomic mass is 10.1. The lowest BCUT2D eigenvalue weighted by Crippen LogP contribution is -2.16. The number of hydrogen-bond acceptors (Lipinski definition) is 2. The summed E-state index contributed by atoms with van der Waals surface area (Å²) in [6.45, 7) is 10.7. The average Bonchev–Trinajstić information content (AvgIpc) is 2.72. The molecule has 3 heteroatoms. The molecule has 16 heavy (non-hydrogen) atoms. The largest absolute Gasteiger partial charge is 0.329 e. The molecular formula is C13H23N3. The number of likely N-dealkylation sites (N-methyl/N-ethyl adjacent to an activating group) is 1. The first-order valence-corrected chi connectivity index (χ1v) is 6.11. The molecule has 90 valence electrons. The summed E-state index contributed by atoms with van der Waals surface area (Å²) in [4.78, 5) is 4.21.